The Labute approximate surface area is 123 Å². The van der Waals surface area contributed by atoms with Crippen molar-refractivity contribution in [3.05, 3.63) is 42.0 Å². The van der Waals surface area contributed by atoms with Crippen LogP contribution in [0.25, 0.3) is 0 Å². The summed E-state index contributed by atoms with van der Waals surface area (Å²) >= 11 is 0. The highest BCUT2D eigenvalue weighted by molar-refractivity contribution is 5.98. The Morgan fingerprint density at radius 1 is 1.33 bits per heavy atom. The second-order valence-corrected chi connectivity index (χ2v) is 6.81. The molecule has 0 radical (unpaired) electrons. The van der Waals surface area contributed by atoms with Gasteiger partial charge in [0.2, 0.25) is 5.91 Å². The number of fused-ring (bicyclic) bond motifs is 2. The molecular formula is C17H19F2NO. The van der Waals surface area contributed by atoms with Crippen LogP contribution in [-0.2, 0) is 4.79 Å². The standard InChI is InChI=1S/C17H19F2NO/c1-10-16(2,3)11-6-7-17(10,9-11)15(21)20-12-4-5-13(18)14(19)8-12/h4-5,8,11H,1,6-7,9H2,2-3H3,(H,20,21)/t11-,17+/m1/s1. The van der Waals surface area contributed by atoms with Gasteiger partial charge in [-0.3, -0.25) is 4.79 Å². The van der Waals surface area contributed by atoms with Crippen molar-refractivity contribution in [2.24, 2.45) is 16.7 Å². The summed E-state index contributed by atoms with van der Waals surface area (Å²) in [5, 5.41) is 2.73. The third kappa shape index (κ3) is 1.92. The number of anilines is 1. The Balaban J connectivity index is 1.86. The summed E-state index contributed by atoms with van der Waals surface area (Å²) in [7, 11) is 0. The zero-order valence-electron chi connectivity index (χ0n) is 12.3. The Morgan fingerprint density at radius 3 is 2.62 bits per heavy atom. The molecule has 2 nitrogen and oxygen atoms in total. The maximum atomic E-state index is 13.2. The first-order chi connectivity index (χ1) is 9.77. The lowest BCUT2D eigenvalue weighted by Gasteiger charge is -2.37. The van der Waals surface area contributed by atoms with Crippen LogP contribution in [-0.4, -0.2) is 5.91 Å². The van der Waals surface area contributed by atoms with Crippen LogP contribution in [0.4, 0.5) is 14.5 Å². The van der Waals surface area contributed by atoms with E-state index in [0.29, 0.717) is 5.92 Å². The average molecular weight is 291 g/mol. The monoisotopic (exact) mass is 291 g/mol. The molecule has 0 spiro atoms. The number of halogens is 2. The number of carbonyl (C=O) groups excluding carboxylic acids is 1. The summed E-state index contributed by atoms with van der Waals surface area (Å²) in [4.78, 5) is 12.7. The number of hydrogen-bond donors (Lipinski definition) is 1. The van der Waals surface area contributed by atoms with Gasteiger partial charge in [-0.2, -0.15) is 0 Å². The minimum absolute atomic E-state index is 0.0381. The van der Waals surface area contributed by atoms with Gasteiger partial charge in [0, 0.05) is 11.8 Å². The summed E-state index contributed by atoms with van der Waals surface area (Å²) < 4.78 is 26.2. The molecule has 0 saturated heterocycles. The van der Waals surface area contributed by atoms with E-state index in [1.54, 1.807) is 0 Å². The molecule has 3 rings (SSSR count). The van der Waals surface area contributed by atoms with Gasteiger partial charge in [0.15, 0.2) is 11.6 Å². The van der Waals surface area contributed by atoms with Gasteiger partial charge in [0.25, 0.3) is 0 Å². The van der Waals surface area contributed by atoms with E-state index in [2.05, 4.69) is 25.7 Å². The number of rotatable bonds is 2. The van der Waals surface area contributed by atoms with Crippen LogP contribution in [0.15, 0.2) is 30.4 Å². The van der Waals surface area contributed by atoms with Crippen LogP contribution in [0.3, 0.4) is 0 Å². The smallest absolute Gasteiger partial charge is 0.234 e. The first kappa shape index (κ1) is 14.2. The summed E-state index contributed by atoms with van der Waals surface area (Å²) in [6, 6.07) is 3.41. The van der Waals surface area contributed by atoms with Gasteiger partial charge in [0.05, 0.1) is 5.41 Å². The van der Waals surface area contributed by atoms with E-state index in [9.17, 15) is 13.6 Å². The van der Waals surface area contributed by atoms with Crippen molar-refractivity contribution in [3.63, 3.8) is 0 Å². The highest BCUT2D eigenvalue weighted by atomic mass is 19.2. The lowest BCUT2D eigenvalue weighted by atomic mass is 9.68. The highest BCUT2D eigenvalue weighted by Crippen LogP contribution is 2.65. The topological polar surface area (TPSA) is 29.1 Å². The van der Waals surface area contributed by atoms with Crippen molar-refractivity contribution < 1.29 is 13.6 Å². The Kier molecular flexibility index (Phi) is 2.98. The second kappa shape index (κ2) is 4.39. The minimum Gasteiger partial charge on any atom is -0.325 e. The van der Waals surface area contributed by atoms with E-state index < -0.39 is 17.0 Å². The largest absolute Gasteiger partial charge is 0.325 e. The number of carbonyl (C=O) groups is 1. The van der Waals surface area contributed by atoms with E-state index in [1.807, 2.05) is 0 Å². The third-order valence-electron chi connectivity index (χ3n) is 5.50. The molecule has 2 aliphatic rings. The predicted octanol–water partition coefficient (Wildman–Crippen LogP) is 4.29. The second-order valence-electron chi connectivity index (χ2n) is 6.81. The predicted molar refractivity (Wildman–Crippen MR) is 77.7 cm³/mol. The summed E-state index contributed by atoms with van der Waals surface area (Å²) in [5.74, 6) is -1.55. The fourth-order valence-corrected chi connectivity index (χ4v) is 3.97. The fourth-order valence-electron chi connectivity index (χ4n) is 3.97. The van der Waals surface area contributed by atoms with Crippen LogP contribution in [0, 0.1) is 28.4 Å². The lowest BCUT2D eigenvalue weighted by Crippen LogP contribution is -2.37. The first-order valence-corrected chi connectivity index (χ1v) is 7.24. The van der Waals surface area contributed by atoms with Gasteiger partial charge in [-0.25, -0.2) is 8.78 Å². The number of amides is 1. The lowest BCUT2D eigenvalue weighted by molar-refractivity contribution is -0.123. The van der Waals surface area contributed by atoms with Crippen molar-refractivity contribution >= 4 is 11.6 Å². The van der Waals surface area contributed by atoms with Crippen molar-refractivity contribution in [1.82, 2.24) is 0 Å². The fraction of sp³-hybridized carbons (Fsp3) is 0.471. The van der Waals surface area contributed by atoms with Gasteiger partial charge in [-0.1, -0.05) is 26.0 Å². The first-order valence-electron chi connectivity index (χ1n) is 7.24. The maximum absolute atomic E-state index is 13.2. The minimum atomic E-state index is -0.958. The molecule has 2 fully saturated rings. The van der Waals surface area contributed by atoms with Crippen molar-refractivity contribution in [2.75, 3.05) is 5.32 Å². The van der Waals surface area contributed by atoms with Gasteiger partial charge in [-0.15, -0.1) is 0 Å². The molecule has 1 aromatic carbocycles. The number of benzene rings is 1. The van der Waals surface area contributed by atoms with Crippen LogP contribution < -0.4 is 5.32 Å². The van der Waals surface area contributed by atoms with Crippen molar-refractivity contribution in [3.8, 4) is 0 Å². The molecule has 0 aliphatic heterocycles. The normalized spacial score (nSPS) is 29.7. The van der Waals surface area contributed by atoms with Crippen LogP contribution in [0.5, 0.6) is 0 Å². The van der Waals surface area contributed by atoms with E-state index in [0.717, 1.165) is 37.0 Å². The number of nitrogens with one attached hydrogen (secondary N) is 1. The maximum Gasteiger partial charge on any atom is 0.234 e. The Hall–Kier alpha value is -1.71. The molecule has 1 amide bonds. The molecule has 2 bridgehead atoms. The van der Waals surface area contributed by atoms with E-state index in [4.69, 9.17) is 0 Å². The Morgan fingerprint density at radius 2 is 2.05 bits per heavy atom. The molecule has 2 atom stereocenters. The van der Waals surface area contributed by atoms with Gasteiger partial charge in [-0.05, 0) is 42.7 Å². The Bertz CT molecular complexity index is 638. The molecule has 1 aromatic rings. The summed E-state index contributed by atoms with van der Waals surface area (Å²) in [5.41, 5.74) is 0.656. The third-order valence-corrected chi connectivity index (χ3v) is 5.50. The molecule has 112 valence electrons. The van der Waals surface area contributed by atoms with E-state index in [-0.39, 0.29) is 17.0 Å². The molecular weight excluding hydrogens is 272 g/mol. The summed E-state index contributed by atoms with van der Waals surface area (Å²) in [6.07, 6.45) is 2.60. The molecule has 2 aliphatic carbocycles. The zero-order chi connectivity index (χ0) is 15.4. The highest BCUT2D eigenvalue weighted by Gasteiger charge is 2.60. The van der Waals surface area contributed by atoms with Gasteiger partial charge >= 0.3 is 0 Å². The molecule has 21 heavy (non-hydrogen) atoms. The number of hydrogen-bond acceptors (Lipinski definition) is 1. The average Bonchev–Trinajstić information content (AvgIpc) is 2.95. The van der Waals surface area contributed by atoms with E-state index >= 15 is 0 Å². The van der Waals surface area contributed by atoms with Gasteiger partial charge in [0.1, 0.15) is 0 Å². The molecule has 2 saturated carbocycles. The zero-order valence-corrected chi connectivity index (χ0v) is 12.3. The molecule has 0 heterocycles. The van der Waals surface area contributed by atoms with Crippen LogP contribution in [0.2, 0.25) is 0 Å². The van der Waals surface area contributed by atoms with Crippen LogP contribution >= 0.6 is 0 Å². The van der Waals surface area contributed by atoms with Crippen LogP contribution in [0.1, 0.15) is 33.1 Å². The van der Waals surface area contributed by atoms with Crippen molar-refractivity contribution in [2.45, 2.75) is 33.1 Å². The van der Waals surface area contributed by atoms with Crippen molar-refractivity contribution in [1.29, 1.82) is 0 Å². The molecule has 0 aromatic heterocycles. The SMILES string of the molecule is C=C1C(C)(C)[C@@H]2CC[C@]1(C(=O)Nc1ccc(F)c(F)c1)C2. The molecule has 4 heteroatoms. The molecule has 1 N–H and O–H groups in total. The van der Waals surface area contributed by atoms with E-state index in [1.165, 1.54) is 6.07 Å². The van der Waals surface area contributed by atoms with Gasteiger partial charge < -0.3 is 5.32 Å². The molecule has 0 unspecified atom stereocenters. The summed E-state index contributed by atoms with van der Waals surface area (Å²) in [6.45, 7) is 8.42. The quantitative estimate of drug-likeness (QED) is 0.809.